The molecule has 0 spiro atoms. The smallest absolute Gasteiger partial charge is 0.325 e. The molecule has 1 rings (SSSR count). The van der Waals surface area contributed by atoms with Crippen molar-refractivity contribution < 1.29 is 14.3 Å². The second-order valence-corrected chi connectivity index (χ2v) is 3.41. The highest BCUT2D eigenvalue weighted by atomic mass is 35.5. The molecule has 0 aromatic carbocycles. The van der Waals surface area contributed by atoms with Crippen molar-refractivity contribution in [3.05, 3.63) is 0 Å². The minimum Gasteiger partial charge on any atom is -0.468 e. The maximum atomic E-state index is 11.6. The molecule has 1 aliphatic rings. The van der Waals surface area contributed by atoms with E-state index in [9.17, 15) is 9.59 Å². The lowest BCUT2D eigenvalue weighted by Gasteiger charge is -2.30. The van der Waals surface area contributed by atoms with Crippen LogP contribution in [0.3, 0.4) is 0 Å². The van der Waals surface area contributed by atoms with Crippen LogP contribution >= 0.6 is 12.4 Å². The molecule has 1 fully saturated rings. The molecule has 1 saturated heterocycles. The van der Waals surface area contributed by atoms with Crippen LogP contribution in [0, 0.1) is 5.92 Å². The number of amides is 1. The van der Waals surface area contributed by atoms with Crippen LogP contribution in [0.1, 0.15) is 12.8 Å². The van der Waals surface area contributed by atoms with Crippen LogP contribution in [-0.2, 0) is 14.3 Å². The topological polar surface area (TPSA) is 72.6 Å². The largest absolute Gasteiger partial charge is 0.468 e. The molecule has 5 nitrogen and oxygen atoms in total. The van der Waals surface area contributed by atoms with E-state index in [0.717, 1.165) is 12.8 Å². The average Bonchev–Trinajstić information content (AvgIpc) is 2.21. The van der Waals surface area contributed by atoms with E-state index in [4.69, 9.17) is 5.73 Å². The minimum atomic E-state index is -0.379. The lowest BCUT2D eigenvalue weighted by atomic mass is 9.97. The first-order valence-corrected chi connectivity index (χ1v) is 4.74. The molecule has 15 heavy (non-hydrogen) atoms. The summed E-state index contributed by atoms with van der Waals surface area (Å²) in [7, 11) is 1.32. The van der Waals surface area contributed by atoms with Gasteiger partial charge in [0.2, 0.25) is 5.91 Å². The van der Waals surface area contributed by atoms with Crippen LogP contribution in [0.25, 0.3) is 0 Å². The van der Waals surface area contributed by atoms with E-state index < -0.39 is 0 Å². The summed E-state index contributed by atoms with van der Waals surface area (Å²) in [6, 6.07) is 0. The van der Waals surface area contributed by atoms with Gasteiger partial charge in [0.1, 0.15) is 6.54 Å². The monoisotopic (exact) mass is 236 g/mol. The number of methoxy groups -OCH3 is 1. The van der Waals surface area contributed by atoms with Crippen molar-refractivity contribution >= 4 is 24.3 Å². The average molecular weight is 237 g/mol. The van der Waals surface area contributed by atoms with Crippen LogP contribution in [-0.4, -0.2) is 43.5 Å². The van der Waals surface area contributed by atoms with E-state index in [-0.39, 0.29) is 36.7 Å². The predicted octanol–water partition coefficient (Wildman–Crippen LogP) is -0.221. The van der Waals surface area contributed by atoms with Crippen molar-refractivity contribution in [1.29, 1.82) is 0 Å². The van der Waals surface area contributed by atoms with E-state index in [2.05, 4.69) is 4.74 Å². The van der Waals surface area contributed by atoms with E-state index in [1.54, 1.807) is 0 Å². The molecule has 88 valence electrons. The third kappa shape index (κ3) is 3.68. The number of hydrogen-bond donors (Lipinski definition) is 1. The Balaban J connectivity index is 0.00000196. The second-order valence-electron chi connectivity index (χ2n) is 3.41. The molecule has 0 bridgehead atoms. The number of hydrogen-bond acceptors (Lipinski definition) is 4. The van der Waals surface area contributed by atoms with Gasteiger partial charge in [-0.3, -0.25) is 9.59 Å². The van der Waals surface area contributed by atoms with E-state index in [0.29, 0.717) is 13.1 Å². The Kier molecular flexibility index (Phi) is 6.27. The summed E-state index contributed by atoms with van der Waals surface area (Å²) in [5.74, 6) is -0.520. The summed E-state index contributed by atoms with van der Waals surface area (Å²) >= 11 is 0. The number of halogens is 1. The van der Waals surface area contributed by atoms with Gasteiger partial charge >= 0.3 is 5.97 Å². The number of carbonyl (C=O) groups is 2. The third-order valence-corrected chi connectivity index (χ3v) is 2.47. The zero-order valence-corrected chi connectivity index (χ0v) is 9.59. The maximum Gasteiger partial charge on any atom is 0.325 e. The van der Waals surface area contributed by atoms with Gasteiger partial charge < -0.3 is 15.4 Å². The fourth-order valence-corrected chi connectivity index (χ4v) is 1.62. The summed E-state index contributed by atoms with van der Waals surface area (Å²) in [4.78, 5) is 24.1. The number of carbonyl (C=O) groups excluding carboxylic acids is 2. The molecule has 1 unspecified atom stereocenters. The summed E-state index contributed by atoms with van der Waals surface area (Å²) in [5, 5.41) is 0. The molecule has 0 aliphatic carbocycles. The molecular formula is C9H17ClN2O3. The van der Waals surface area contributed by atoms with Crippen molar-refractivity contribution in [2.24, 2.45) is 11.7 Å². The zero-order chi connectivity index (χ0) is 10.6. The van der Waals surface area contributed by atoms with Gasteiger partial charge in [0.15, 0.2) is 0 Å². The van der Waals surface area contributed by atoms with Crippen molar-refractivity contribution in [3.63, 3.8) is 0 Å². The summed E-state index contributed by atoms with van der Waals surface area (Å²) in [6.07, 6.45) is 1.73. The van der Waals surface area contributed by atoms with Crippen LogP contribution in [0.4, 0.5) is 0 Å². The Morgan fingerprint density at radius 2 is 2.33 bits per heavy atom. The van der Waals surface area contributed by atoms with Crippen LogP contribution in [0.2, 0.25) is 0 Å². The normalized spacial score (nSPS) is 20.8. The molecule has 1 aliphatic heterocycles. The Labute approximate surface area is 95.3 Å². The number of esters is 1. The van der Waals surface area contributed by atoms with Crippen LogP contribution in [0.5, 0.6) is 0 Å². The Bertz CT molecular complexity index is 235. The van der Waals surface area contributed by atoms with Crippen molar-refractivity contribution in [2.45, 2.75) is 12.8 Å². The number of nitrogens with zero attached hydrogens (tertiary/aromatic N) is 1. The molecule has 1 atom stereocenters. The SMILES string of the molecule is COC(=O)CN1CCCC(CN)C1=O.Cl. The molecule has 0 aromatic heterocycles. The lowest BCUT2D eigenvalue weighted by molar-refractivity contribution is -0.150. The zero-order valence-electron chi connectivity index (χ0n) is 8.77. The number of rotatable bonds is 3. The highest BCUT2D eigenvalue weighted by Crippen LogP contribution is 2.16. The standard InChI is InChI=1S/C9H16N2O3.ClH/c1-14-8(12)6-11-4-2-3-7(5-10)9(11)13;/h7H,2-6,10H2,1H3;1H. The first-order valence-electron chi connectivity index (χ1n) is 4.74. The van der Waals surface area contributed by atoms with Crippen molar-refractivity contribution in [1.82, 2.24) is 4.90 Å². The highest BCUT2D eigenvalue weighted by Gasteiger charge is 2.28. The number of nitrogens with two attached hydrogens (primary N) is 1. The summed E-state index contributed by atoms with van der Waals surface area (Å²) in [6.45, 7) is 1.03. The van der Waals surface area contributed by atoms with Gasteiger partial charge in [0.25, 0.3) is 0 Å². The molecule has 0 radical (unpaired) electrons. The predicted molar refractivity (Wildman–Crippen MR) is 57.6 cm³/mol. The summed E-state index contributed by atoms with van der Waals surface area (Å²) in [5.41, 5.74) is 5.46. The van der Waals surface area contributed by atoms with Crippen LogP contribution in [0.15, 0.2) is 0 Å². The quantitative estimate of drug-likeness (QED) is 0.688. The number of ether oxygens (including phenoxy) is 1. The number of likely N-dealkylation sites (tertiary alicyclic amines) is 1. The Morgan fingerprint density at radius 1 is 1.67 bits per heavy atom. The van der Waals surface area contributed by atoms with Gasteiger partial charge in [-0.2, -0.15) is 0 Å². The third-order valence-electron chi connectivity index (χ3n) is 2.47. The van der Waals surface area contributed by atoms with E-state index >= 15 is 0 Å². The van der Waals surface area contributed by atoms with E-state index in [1.807, 2.05) is 0 Å². The molecule has 2 N–H and O–H groups in total. The van der Waals surface area contributed by atoms with Gasteiger partial charge in [0.05, 0.1) is 13.0 Å². The molecule has 1 amide bonds. The lowest BCUT2D eigenvalue weighted by Crippen LogP contribution is -2.46. The van der Waals surface area contributed by atoms with Crippen molar-refractivity contribution in [2.75, 3.05) is 26.7 Å². The molecular weight excluding hydrogens is 220 g/mol. The summed E-state index contributed by atoms with van der Waals surface area (Å²) < 4.78 is 4.51. The van der Waals surface area contributed by atoms with Gasteiger partial charge in [0, 0.05) is 13.1 Å². The number of piperidine rings is 1. The highest BCUT2D eigenvalue weighted by molar-refractivity contribution is 5.85. The maximum absolute atomic E-state index is 11.6. The van der Waals surface area contributed by atoms with E-state index in [1.165, 1.54) is 12.0 Å². The van der Waals surface area contributed by atoms with Gasteiger partial charge in [-0.25, -0.2) is 0 Å². The second kappa shape index (κ2) is 6.63. The molecule has 1 heterocycles. The first-order chi connectivity index (χ1) is 6.69. The fourth-order valence-electron chi connectivity index (χ4n) is 1.62. The van der Waals surface area contributed by atoms with Crippen LogP contribution < -0.4 is 5.73 Å². The van der Waals surface area contributed by atoms with Crippen molar-refractivity contribution in [3.8, 4) is 0 Å². The van der Waals surface area contributed by atoms with Gasteiger partial charge in [-0.05, 0) is 12.8 Å². The Morgan fingerprint density at radius 3 is 2.87 bits per heavy atom. The molecule has 0 aromatic rings. The van der Waals surface area contributed by atoms with Gasteiger partial charge in [-0.15, -0.1) is 12.4 Å². The minimum absolute atomic E-state index is 0. The van der Waals surface area contributed by atoms with Gasteiger partial charge in [-0.1, -0.05) is 0 Å². The molecule has 0 saturated carbocycles. The first kappa shape index (κ1) is 14.2. The Hall–Kier alpha value is -0.810. The molecule has 6 heteroatoms. The fraction of sp³-hybridized carbons (Fsp3) is 0.778.